The van der Waals surface area contributed by atoms with Gasteiger partial charge in [0.2, 0.25) is 15.9 Å². The number of nitrogens with zero attached hydrogens (tertiary/aromatic N) is 5. The minimum absolute atomic E-state index is 0.0770. The van der Waals surface area contributed by atoms with Crippen LogP contribution < -0.4 is 10.0 Å². The van der Waals surface area contributed by atoms with Gasteiger partial charge in [-0.3, -0.25) is 19.9 Å². The van der Waals surface area contributed by atoms with E-state index < -0.39 is 21.7 Å². The van der Waals surface area contributed by atoms with Gasteiger partial charge in [-0.2, -0.15) is 5.10 Å². The van der Waals surface area contributed by atoms with Gasteiger partial charge in [0.25, 0.3) is 0 Å². The van der Waals surface area contributed by atoms with Crippen LogP contribution in [0.15, 0.2) is 55.1 Å². The summed E-state index contributed by atoms with van der Waals surface area (Å²) in [5.41, 5.74) is 3.09. The first-order valence-corrected chi connectivity index (χ1v) is 16.0. The highest BCUT2D eigenvalue weighted by atomic mass is 32.2. The molecule has 1 amide bonds. The number of amides is 1. The van der Waals surface area contributed by atoms with Crippen molar-refractivity contribution in [2.45, 2.75) is 33.7 Å². The molecule has 0 aliphatic heterocycles. The molecule has 0 radical (unpaired) electrons. The summed E-state index contributed by atoms with van der Waals surface area (Å²) in [5.74, 6) is -1.18. The molecule has 0 aliphatic rings. The van der Waals surface area contributed by atoms with E-state index in [1.165, 1.54) is 36.9 Å². The van der Waals surface area contributed by atoms with E-state index in [2.05, 4.69) is 45.2 Å². The average molecular weight is 646 g/mol. The summed E-state index contributed by atoms with van der Waals surface area (Å²) in [4.78, 5) is 33.2. The van der Waals surface area contributed by atoms with Crippen LogP contribution in [0.3, 0.4) is 0 Å². The van der Waals surface area contributed by atoms with Crippen molar-refractivity contribution in [2.24, 2.45) is 5.41 Å². The van der Waals surface area contributed by atoms with Crippen molar-refractivity contribution in [3.63, 3.8) is 0 Å². The van der Waals surface area contributed by atoms with Gasteiger partial charge in [0.1, 0.15) is 22.8 Å². The number of aromatic amines is 2. The Balaban J connectivity index is 1.38. The van der Waals surface area contributed by atoms with Crippen molar-refractivity contribution in [3.05, 3.63) is 72.3 Å². The second-order valence-electron chi connectivity index (χ2n) is 12.1. The van der Waals surface area contributed by atoms with E-state index in [-0.39, 0.29) is 46.0 Å². The SMILES string of the molecule is CC(C)(C)CC(=O)Nc1cncc(-c2cnc3[nH]nc(-c4nc5c(-c6cc(F)cc(CNS(C)(=O)=O)c6)nccc5[nH]4)c3c2F)c1. The summed E-state index contributed by atoms with van der Waals surface area (Å²) in [5, 5.41) is 9.92. The molecule has 12 nitrogen and oxygen atoms in total. The van der Waals surface area contributed by atoms with E-state index in [0.29, 0.717) is 45.5 Å². The third-order valence-corrected chi connectivity index (χ3v) is 7.61. The van der Waals surface area contributed by atoms with Crippen LogP contribution in [0.2, 0.25) is 0 Å². The highest BCUT2D eigenvalue weighted by Gasteiger charge is 2.22. The number of halogens is 2. The predicted octanol–water partition coefficient (Wildman–Crippen LogP) is 5.33. The second-order valence-corrected chi connectivity index (χ2v) is 13.9. The zero-order valence-corrected chi connectivity index (χ0v) is 26.1. The molecule has 0 bridgehead atoms. The number of H-pyrrole nitrogens is 2. The molecule has 236 valence electrons. The highest BCUT2D eigenvalue weighted by Crippen LogP contribution is 2.35. The lowest BCUT2D eigenvalue weighted by molar-refractivity contribution is -0.117. The molecule has 15 heteroatoms. The van der Waals surface area contributed by atoms with E-state index in [9.17, 15) is 17.6 Å². The van der Waals surface area contributed by atoms with Crippen LogP contribution in [0, 0.1) is 17.0 Å². The van der Waals surface area contributed by atoms with Crippen molar-refractivity contribution < 1.29 is 22.0 Å². The summed E-state index contributed by atoms with van der Waals surface area (Å²) in [6.07, 6.45) is 7.15. The molecule has 0 saturated carbocycles. The first kappa shape index (κ1) is 30.9. The van der Waals surface area contributed by atoms with Crippen molar-refractivity contribution in [2.75, 3.05) is 11.6 Å². The van der Waals surface area contributed by atoms with Gasteiger partial charge in [0.05, 0.1) is 34.7 Å². The Hall–Kier alpha value is -5.15. The van der Waals surface area contributed by atoms with Gasteiger partial charge in [-0.25, -0.2) is 31.9 Å². The summed E-state index contributed by atoms with van der Waals surface area (Å²) >= 11 is 0. The van der Waals surface area contributed by atoms with E-state index >= 15 is 4.39 Å². The van der Waals surface area contributed by atoms with Crippen LogP contribution in [0.4, 0.5) is 14.5 Å². The largest absolute Gasteiger partial charge is 0.336 e. The Morgan fingerprint density at radius 2 is 1.80 bits per heavy atom. The first-order chi connectivity index (χ1) is 21.7. The maximum Gasteiger partial charge on any atom is 0.224 e. The summed E-state index contributed by atoms with van der Waals surface area (Å²) in [6.45, 7) is 5.76. The van der Waals surface area contributed by atoms with E-state index in [1.54, 1.807) is 18.2 Å². The molecule has 5 aromatic heterocycles. The van der Waals surface area contributed by atoms with Crippen LogP contribution in [-0.2, 0) is 21.4 Å². The lowest BCUT2D eigenvalue weighted by atomic mass is 9.92. The first-order valence-electron chi connectivity index (χ1n) is 14.1. The lowest BCUT2D eigenvalue weighted by Gasteiger charge is -2.17. The molecule has 0 aliphatic carbocycles. The molecule has 0 atom stereocenters. The van der Waals surface area contributed by atoms with Crippen molar-refractivity contribution in [1.82, 2.24) is 39.8 Å². The molecule has 1 aromatic carbocycles. The summed E-state index contributed by atoms with van der Waals surface area (Å²) < 4.78 is 56.3. The minimum Gasteiger partial charge on any atom is -0.336 e. The van der Waals surface area contributed by atoms with E-state index in [4.69, 9.17) is 0 Å². The number of pyridine rings is 3. The quantitative estimate of drug-likeness (QED) is 0.172. The van der Waals surface area contributed by atoms with Crippen LogP contribution in [0.5, 0.6) is 0 Å². The zero-order chi connectivity index (χ0) is 32.8. The minimum atomic E-state index is -3.50. The molecule has 0 spiro atoms. The maximum atomic E-state index is 16.2. The topological polar surface area (TPSA) is 171 Å². The Labute approximate surface area is 262 Å². The fourth-order valence-corrected chi connectivity index (χ4v) is 5.46. The number of nitrogens with one attached hydrogen (secondary N) is 4. The molecule has 4 N–H and O–H groups in total. The summed E-state index contributed by atoms with van der Waals surface area (Å²) in [6, 6.07) is 7.41. The van der Waals surface area contributed by atoms with Gasteiger partial charge < -0.3 is 10.3 Å². The maximum absolute atomic E-state index is 16.2. The number of sulfonamides is 1. The standard InChI is InChI=1S/C31H29F2N9O3S/c1-31(2,3)11-23(43)38-20-10-18(13-34-14-20)21-15-36-29-24(25(21)33)28(41-42-29)30-39-22-5-6-35-26(27(22)40-30)17-7-16(8-19(32)9-17)12-37-46(4,44)45/h5-10,13-15,37H,11-12H2,1-4H3,(H,38,43)(H,39,40)(H,36,41,42). The summed E-state index contributed by atoms with van der Waals surface area (Å²) in [7, 11) is -3.50. The van der Waals surface area contributed by atoms with Crippen LogP contribution in [0.1, 0.15) is 32.8 Å². The number of aromatic nitrogens is 7. The number of fused-ring (bicyclic) bond motifs is 2. The lowest BCUT2D eigenvalue weighted by Crippen LogP contribution is -2.21. The van der Waals surface area contributed by atoms with E-state index in [0.717, 1.165) is 6.26 Å². The van der Waals surface area contributed by atoms with Gasteiger partial charge in [0.15, 0.2) is 11.5 Å². The molecule has 6 rings (SSSR count). The molecule has 0 unspecified atom stereocenters. The number of rotatable bonds is 8. The Bertz CT molecular complexity index is 2240. The molecule has 0 fully saturated rings. The van der Waals surface area contributed by atoms with Crippen molar-refractivity contribution in [1.29, 1.82) is 0 Å². The molecule has 5 heterocycles. The third-order valence-electron chi connectivity index (χ3n) is 6.94. The monoisotopic (exact) mass is 645 g/mol. The molecule has 6 aromatic rings. The number of benzene rings is 1. The highest BCUT2D eigenvalue weighted by molar-refractivity contribution is 7.88. The number of anilines is 1. The van der Waals surface area contributed by atoms with Gasteiger partial charge in [-0.05, 0) is 41.3 Å². The van der Waals surface area contributed by atoms with Gasteiger partial charge in [0, 0.05) is 48.2 Å². The number of hydrogen-bond acceptors (Lipinski definition) is 8. The van der Waals surface area contributed by atoms with Crippen LogP contribution in [-0.4, -0.2) is 55.7 Å². The molecule has 0 saturated heterocycles. The smallest absolute Gasteiger partial charge is 0.224 e. The van der Waals surface area contributed by atoms with Crippen LogP contribution in [0.25, 0.3) is 56.0 Å². The number of carbonyl (C=O) groups is 1. The van der Waals surface area contributed by atoms with Crippen LogP contribution >= 0.6 is 0 Å². The Kier molecular flexibility index (Phi) is 7.82. The Morgan fingerprint density at radius 1 is 1.00 bits per heavy atom. The number of carbonyl (C=O) groups excluding carboxylic acids is 1. The average Bonchev–Trinajstić information content (AvgIpc) is 3.59. The number of hydrogen-bond donors (Lipinski definition) is 4. The predicted molar refractivity (Wildman–Crippen MR) is 170 cm³/mol. The second kappa shape index (κ2) is 11.7. The fourth-order valence-electron chi connectivity index (χ4n) is 5.03. The Morgan fingerprint density at radius 3 is 2.57 bits per heavy atom. The van der Waals surface area contributed by atoms with E-state index in [1.807, 2.05) is 20.8 Å². The van der Waals surface area contributed by atoms with Gasteiger partial charge >= 0.3 is 0 Å². The third kappa shape index (κ3) is 6.60. The molecular formula is C31H29F2N9O3S. The number of imidazole rings is 1. The normalized spacial score (nSPS) is 12.2. The zero-order valence-electron chi connectivity index (χ0n) is 25.2. The van der Waals surface area contributed by atoms with Crippen molar-refractivity contribution >= 4 is 43.7 Å². The van der Waals surface area contributed by atoms with Crippen molar-refractivity contribution in [3.8, 4) is 33.9 Å². The van der Waals surface area contributed by atoms with Gasteiger partial charge in [-0.1, -0.05) is 20.8 Å². The molecular weight excluding hydrogens is 616 g/mol. The fraction of sp³-hybridized carbons (Fsp3) is 0.226. The van der Waals surface area contributed by atoms with Gasteiger partial charge in [-0.15, -0.1) is 0 Å². The molecule has 46 heavy (non-hydrogen) atoms.